The van der Waals surface area contributed by atoms with Gasteiger partial charge in [-0.05, 0) is 47.1 Å². The number of benzene rings is 2. The number of hydrogen-bond donors (Lipinski definition) is 2. The van der Waals surface area contributed by atoms with Crippen LogP contribution in [0.4, 0.5) is 5.69 Å². The Hall–Kier alpha value is -2.01. The quantitative estimate of drug-likeness (QED) is 0.843. The number of carbonyl (C=O) groups is 1. The van der Waals surface area contributed by atoms with Gasteiger partial charge in [0.2, 0.25) is 0 Å². The maximum atomic E-state index is 11.0. The molecule has 0 saturated carbocycles. The molecule has 0 aliphatic rings. The molecule has 5 heteroatoms. The molecule has 0 unspecified atom stereocenters. The molecule has 98 valence electrons. The summed E-state index contributed by atoms with van der Waals surface area (Å²) in [5, 5.41) is 9.03. The molecule has 0 radical (unpaired) electrons. The molecule has 0 fully saturated rings. The Labute approximate surface area is 118 Å². The van der Waals surface area contributed by atoms with Crippen LogP contribution in [-0.2, 0) is 0 Å². The van der Waals surface area contributed by atoms with Gasteiger partial charge in [-0.3, -0.25) is 0 Å². The van der Waals surface area contributed by atoms with Crippen molar-refractivity contribution in [2.24, 2.45) is 0 Å². The normalized spacial score (nSPS) is 10.2. The second-order valence-electron chi connectivity index (χ2n) is 4.09. The van der Waals surface area contributed by atoms with E-state index in [9.17, 15) is 4.79 Å². The molecule has 0 aliphatic carbocycles. The number of hydrogen-bond acceptors (Lipinski definition) is 3. The Morgan fingerprint density at radius 1 is 1.26 bits per heavy atom. The second-order valence-corrected chi connectivity index (χ2v) is 4.94. The van der Waals surface area contributed by atoms with Crippen LogP contribution in [0.5, 0.6) is 11.5 Å². The van der Waals surface area contributed by atoms with Crippen LogP contribution in [0.15, 0.2) is 40.9 Å². The number of halogens is 1. The van der Waals surface area contributed by atoms with E-state index < -0.39 is 5.97 Å². The summed E-state index contributed by atoms with van der Waals surface area (Å²) in [7, 11) is 0. The largest absolute Gasteiger partial charge is 0.478 e. The van der Waals surface area contributed by atoms with Gasteiger partial charge in [-0.25, -0.2) is 4.79 Å². The van der Waals surface area contributed by atoms with Crippen molar-refractivity contribution >= 4 is 27.6 Å². The van der Waals surface area contributed by atoms with Crippen molar-refractivity contribution < 1.29 is 14.6 Å². The van der Waals surface area contributed by atoms with Gasteiger partial charge in [0, 0.05) is 5.69 Å². The lowest BCUT2D eigenvalue weighted by molar-refractivity contribution is 0.0697. The number of aryl methyl sites for hydroxylation is 1. The van der Waals surface area contributed by atoms with E-state index >= 15 is 0 Å². The average molecular weight is 322 g/mol. The van der Waals surface area contributed by atoms with Crippen molar-refractivity contribution in [2.75, 3.05) is 5.73 Å². The molecular formula is C14H12BrNO3. The van der Waals surface area contributed by atoms with Crippen molar-refractivity contribution in [2.45, 2.75) is 6.92 Å². The highest BCUT2D eigenvalue weighted by Crippen LogP contribution is 2.33. The first-order valence-corrected chi connectivity index (χ1v) is 6.33. The third kappa shape index (κ3) is 3.06. The number of nitrogens with two attached hydrogens (primary N) is 1. The zero-order chi connectivity index (χ0) is 14.0. The van der Waals surface area contributed by atoms with E-state index in [1.165, 1.54) is 12.1 Å². The zero-order valence-electron chi connectivity index (χ0n) is 10.2. The highest BCUT2D eigenvalue weighted by molar-refractivity contribution is 9.10. The Morgan fingerprint density at radius 2 is 1.89 bits per heavy atom. The van der Waals surface area contributed by atoms with Crippen LogP contribution in [0, 0.1) is 6.92 Å². The maximum Gasteiger partial charge on any atom is 0.337 e. The maximum absolute atomic E-state index is 11.0. The Balaban J connectivity index is 2.37. The van der Waals surface area contributed by atoms with Gasteiger partial charge in [-0.15, -0.1) is 0 Å². The van der Waals surface area contributed by atoms with Crippen LogP contribution in [-0.4, -0.2) is 11.1 Å². The summed E-state index contributed by atoms with van der Waals surface area (Å²) in [4.78, 5) is 11.0. The molecule has 4 nitrogen and oxygen atoms in total. The van der Waals surface area contributed by atoms with Crippen molar-refractivity contribution in [3.63, 3.8) is 0 Å². The first-order chi connectivity index (χ1) is 8.97. The summed E-state index contributed by atoms with van der Waals surface area (Å²) in [6.45, 7) is 1.98. The van der Waals surface area contributed by atoms with Crippen molar-refractivity contribution in [3.8, 4) is 11.5 Å². The fourth-order valence-corrected chi connectivity index (χ4v) is 2.01. The zero-order valence-corrected chi connectivity index (χ0v) is 11.8. The summed E-state index contributed by atoms with van der Waals surface area (Å²) < 4.78 is 6.25. The Bertz CT molecular complexity index is 623. The van der Waals surface area contributed by atoms with Crippen LogP contribution >= 0.6 is 15.9 Å². The molecule has 0 saturated heterocycles. The molecular weight excluding hydrogens is 310 g/mol. The van der Waals surface area contributed by atoms with Gasteiger partial charge >= 0.3 is 5.97 Å². The molecule has 19 heavy (non-hydrogen) atoms. The lowest BCUT2D eigenvalue weighted by atomic mass is 10.1. The van der Waals surface area contributed by atoms with E-state index in [2.05, 4.69) is 15.9 Å². The van der Waals surface area contributed by atoms with Crippen molar-refractivity contribution in [1.29, 1.82) is 0 Å². The van der Waals surface area contributed by atoms with Gasteiger partial charge in [0.05, 0.1) is 10.0 Å². The number of anilines is 1. The molecule has 0 atom stereocenters. The van der Waals surface area contributed by atoms with E-state index in [1.807, 2.05) is 31.2 Å². The number of carboxylic acid groups (broad SMARTS) is 1. The summed E-state index contributed by atoms with van der Waals surface area (Å²) in [5.74, 6) is -0.0402. The van der Waals surface area contributed by atoms with Crippen molar-refractivity contribution in [3.05, 3.63) is 52.0 Å². The molecule has 3 N–H and O–H groups in total. The second kappa shape index (κ2) is 5.32. The van der Waals surface area contributed by atoms with Gasteiger partial charge in [-0.1, -0.05) is 17.7 Å². The molecule has 0 amide bonds. The Kier molecular flexibility index (Phi) is 3.76. The minimum atomic E-state index is -1.08. The molecule has 2 aromatic carbocycles. The van der Waals surface area contributed by atoms with E-state index in [4.69, 9.17) is 15.6 Å². The fraction of sp³-hybridized carbons (Fsp3) is 0.0714. The monoisotopic (exact) mass is 321 g/mol. The Morgan fingerprint density at radius 3 is 2.47 bits per heavy atom. The topological polar surface area (TPSA) is 72.5 Å². The van der Waals surface area contributed by atoms with Gasteiger partial charge < -0.3 is 15.6 Å². The van der Waals surface area contributed by atoms with Crippen LogP contribution in [0.1, 0.15) is 15.9 Å². The molecule has 0 bridgehead atoms. The molecule has 2 aromatic rings. The highest BCUT2D eigenvalue weighted by atomic mass is 79.9. The third-order valence-electron chi connectivity index (χ3n) is 2.58. The lowest BCUT2D eigenvalue weighted by Crippen LogP contribution is -2.03. The minimum absolute atomic E-state index is 0.0188. The van der Waals surface area contributed by atoms with Crippen LogP contribution in [0.2, 0.25) is 0 Å². The van der Waals surface area contributed by atoms with Gasteiger partial charge in [0.1, 0.15) is 11.5 Å². The summed E-state index contributed by atoms with van der Waals surface area (Å²) in [5.41, 5.74) is 6.97. The molecule has 0 aromatic heterocycles. The fourth-order valence-electron chi connectivity index (χ4n) is 1.57. The number of carboxylic acids is 1. The number of nitrogen functional groups attached to an aromatic ring is 1. The minimum Gasteiger partial charge on any atom is -0.478 e. The van der Waals surface area contributed by atoms with Gasteiger partial charge in [0.25, 0.3) is 0 Å². The first-order valence-electron chi connectivity index (χ1n) is 5.54. The number of ether oxygens (including phenoxy) is 1. The third-order valence-corrected chi connectivity index (χ3v) is 3.20. The van der Waals surface area contributed by atoms with Gasteiger partial charge in [-0.2, -0.15) is 0 Å². The average Bonchev–Trinajstić information content (AvgIpc) is 2.34. The van der Waals surface area contributed by atoms with Crippen molar-refractivity contribution in [1.82, 2.24) is 0 Å². The standard InChI is InChI=1S/C14H12BrNO3/c1-8-2-4-9(5-3-8)19-13-6-10(14(17)18)12(16)7-11(13)15/h2-7H,16H2,1H3,(H,17,18). The van der Waals surface area contributed by atoms with E-state index in [0.717, 1.165) is 5.56 Å². The number of aromatic carboxylic acids is 1. The van der Waals surface area contributed by atoms with Crippen LogP contribution in [0.3, 0.4) is 0 Å². The predicted octanol–water partition coefficient (Wildman–Crippen LogP) is 3.83. The number of rotatable bonds is 3. The lowest BCUT2D eigenvalue weighted by Gasteiger charge is -2.10. The van der Waals surface area contributed by atoms with E-state index in [1.54, 1.807) is 0 Å². The highest BCUT2D eigenvalue weighted by Gasteiger charge is 2.13. The van der Waals surface area contributed by atoms with E-state index in [-0.39, 0.29) is 11.3 Å². The molecule has 2 rings (SSSR count). The molecule has 0 spiro atoms. The molecule has 0 aliphatic heterocycles. The predicted molar refractivity (Wildman–Crippen MR) is 76.8 cm³/mol. The summed E-state index contributed by atoms with van der Waals surface area (Å²) >= 11 is 3.30. The van der Waals surface area contributed by atoms with E-state index in [0.29, 0.717) is 16.0 Å². The van der Waals surface area contributed by atoms with Crippen LogP contribution in [0.25, 0.3) is 0 Å². The SMILES string of the molecule is Cc1ccc(Oc2cc(C(=O)O)c(N)cc2Br)cc1. The summed E-state index contributed by atoms with van der Waals surface area (Å²) in [6, 6.07) is 10.4. The van der Waals surface area contributed by atoms with Gasteiger partial charge in [0.15, 0.2) is 0 Å². The first kappa shape index (κ1) is 13.4. The smallest absolute Gasteiger partial charge is 0.337 e. The summed E-state index contributed by atoms with van der Waals surface area (Å²) in [6.07, 6.45) is 0. The molecule has 0 heterocycles. The van der Waals surface area contributed by atoms with Crippen LogP contribution < -0.4 is 10.5 Å².